The largest absolute Gasteiger partial charge is 0.460 e. The summed E-state index contributed by atoms with van der Waals surface area (Å²) in [6.45, 7) is 0.338. The van der Waals surface area contributed by atoms with Crippen molar-refractivity contribution in [2.45, 2.75) is 18.2 Å². The summed E-state index contributed by atoms with van der Waals surface area (Å²) >= 11 is 7.30. The van der Waals surface area contributed by atoms with E-state index in [1.54, 1.807) is 11.8 Å². The molecular formula is C17H17ClO2S. The lowest BCUT2D eigenvalue weighted by Gasteiger charge is -2.05. The van der Waals surface area contributed by atoms with Crippen LogP contribution in [0.1, 0.15) is 16.7 Å². The second-order valence-corrected chi connectivity index (χ2v) is 5.84. The van der Waals surface area contributed by atoms with E-state index in [0.29, 0.717) is 18.2 Å². The minimum Gasteiger partial charge on any atom is -0.460 e. The fourth-order valence-corrected chi connectivity index (χ4v) is 2.71. The summed E-state index contributed by atoms with van der Waals surface area (Å²) in [5.74, 6) is 1.51. The molecule has 2 aromatic carbocycles. The molecule has 0 saturated heterocycles. The summed E-state index contributed by atoms with van der Waals surface area (Å²) in [6.07, 6.45) is 0. The van der Waals surface area contributed by atoms with Gasteiger partial charge in [-0.3, -0.25) is 4.79 Å². The number of alkyl halides is 1. The van der Waals surface area contributed by atoms with Gasteiger partial charge in [0.05, 0.1) is 5.75 Å². The minimum atomic E-state index is -0.179. The Morgan fingerprint density at radius 2 is 1.62 bits per heavy atom. The van der Waals surface area contributed by atoms with Gasteiger partial charge in [-0.25, -0.2) is 0 Å². The first-order valence-electron chi connectivity index (χ1n) is 6.69. The number of hydrogen-bond donors (Lipinski definition) is 0. The van der Waals surface area contributed by atoms with Gasteiger partial charge in [0.15, 0.2) is 0 Å². The summed E-state index contributed by atoms with van der Waals surface area (Å²) in [5.41, 5.74) is 3.30. The molecule has 2 rings (SSSR count). The molecule has 0 aliphatic heterocycles. The third kappa shape index (κ3) is 5.82. The topological polar surface area (TPSA) is 26.3 Å². The van der Waals surface area contributed by atoms with Crippen LogP contribution in [0.3, 0.4) is 0 Å². The van der Waals surface area contributed by atoms with Crippen LogP contribution in [-0.2, 0) is 27.8 Å². The van der Waals surface area contributed by atoms with Crippen molar-refractivity contribution < 1.29 is 9.53 Å². The molecule has 110 valence electrons. The lowest BCUT2D eigenvalue weighted by molar-refractivity contribution is -0.141. The molecular weight excluding hydrogens is 304 g/mol. The summed E-state index contributed by atoms with van der Waals surface area (Å²) in [6, 6.07) is 17.8. The van der Waals surface area contributed by atoms with Gasteiger partial charge >= 0.3 is 5.97 Å². The van der Waals surface area contributed by atoms with Crippen LogP contribution >= 0.6 is 23.4 Å². The number of thioether (sulfide) groups is 1. The standard InChI is InChI=1S/C17H17ClO2S/c18-10-14-6-8-16(9-7-14)12-21-13-17(19)20-11-15-4-2-1-3-5-15/h1-9H,10-13H2. The molecule has 0 aliphatic carbocycles. The van der Waals surface area contributed by atoms with Crippen molar-refractivity contribution in [3.8, 4) is 0 Å². The van der Waals surface area contributed by atoms with Crippen LogP contribution in [0.4, 0.5) is 0 Å². The molecule has 0 saturated carbocycles. The third-order valence-corrected chi connectivity index (χ3v) is 4.19. The molecule has 2 aromatic rings. The molecule has 0 heterocycles. The summed E-state index contributed by atoms with van der Waals surface area (Å²) in [7, 11) is 0. The number of hydrogen-bond acceptors (Lipinski definition) is 3. The van der Waals surface area contributed by atoms with Gasteiger partial charge in [-0.1, -0.05) is 54.6 Å². The second-order valence-electron chi connectivity index (χ2n) is 4.59. The van der Waals surface area contributed by atoms with Gasteiger partial charge in [0.2, 0.25) is 0 Å². The van der Waals surface area contributed by atoms with E-state index in [1.165, 1.54) is 5.56 Å². The van der Waals surface area contributed by atoms with Crippen molar-refractivity contribution in [2.75, 3.05) is 5.75 Å². The molecule has 4 heteroatoms. The van der Waals surface area contributed by atoms with Crippen LogP contribution in [0.15, 0.2) is 54.6 Å². The maximum atomic E-state index is 11.6. The molecule has 0 amide bonds. The van der Waals surface area contributed by atoms with Crippen LogP contribution in [0.5, 0.6) is 0 Å². The van der Waals surface area contributed by atoms with E-state index >= 15 is 0 Å². The molecule has 0 aromatic heterocycles. The van der Waals surface area contributed by atoms with Crippen molar-refractivity contribution in [1.82, 2.24) is 0 Å². The predicted molar refractivity (Wildman–Crippen MR) is 88.4 cm³/mol. The molecule has 0 unspecified atom stereocenters. The zero-order chi connectivity index (χ0) is 14.9. The Hall–Kier alpha value is -1.45. The molecule has 21 heavy (non-hydrogen) atoms. The summed E-state index contributed by atoms with van der Waals surface area (Å²) in [5, 5.41) is 0. The smallest absolute Gasteiger partial charge is 0.316 e. The second kappa shape index (κ2) is 8.75. The zero-order valence-electron chi connectivity index (χ0n) is 11.6. The van der Waals surface area contributed by atoms with Crippen molar-refractivity contribution in [3.05, 3.63) is 71.3 Å². The molecule has 0 spiro atoms. The van der Waals surface area contributed by atoms with Crippen LogP contribution in [0, 0.1) is 0 Å². The molecule has 2 nitrogen and oxygen atoms in total. The van der Waals surface area contributed by atoms with Gasteiger partial charge in [-0.05, 0) is 16.7 Å². The number of rotatable bonds is 7. The number of carbonyl (C=O) groups is 1. The average molecular weight is 321 g/mol. The first-order valence-corrected chi connectivity index (χ1v) is 8.38. The van der Waals surface area contributed by atoms with Gasteiger partial charge in [0.1, 0.15) is 6.61 Å². The maximum Gasteiger partial charge on any atom is 0.316 e. The van der Waals surface area contributed by atoms with Gasteiger partial charge < -0.3 is 4.74 Å². The Labute approximate surface area is 134 Å². The first-order chi connectivity index (χ1) is 10.3. The monoisotopic (exact) mass is 320 g/mol. The number of halogens is 1. The van der Waals surface area contributed by atoms with Crippen molar-refractivity contribution in [1.29, 1.82) is 0 Å². The van der Waals surface area contributed by atoms with Crippen molar-refractivity contribution >= 4 is 29.3 Å². The third-order valence-electron chi connectivity index (χ3n) is 2.91. The highest BCUT2D eigenvalue weighted by molar-refractivity contribution is 7.99. The Balaban J connectivity index is 1.66. The van der Waals surface area contributed by atoms with Crippen molar-refractivity contribution in [3.63, 3.8) is 0 Å². The summed E-state index contributed by atoms with van der Waals surface area (Å²) in [4.78, 5) is 11.6. The highest BCUT2D eigenvalue weighted by Crippen LogP contribution is 2.14. The minimum absolute atomic E-state index is 0.179. The average Bonchev–Trinajstić information content (AvgIpc) is 2.54. The molecule has 0 N–H and O–H groups in total. The van der Waals surface area contributed by atoms with Gasteiger partial charge in [-0.15, -0.1) is 23.4 Å². The van der Waals surface area contributed by atoms with Gasteiger partial charge in [0.25, 0.3) is 0 Å². The zero-order valence-corrected chi connectivity index (χ0v) is 13.2. The molecule has 0 aliphatic rings. The predicted octanol–water partition coefficient (Wildman–Crippen LogP) is 4.40. The molecule has 0 bridgehead atoms. The van der Waals surface area contributed by atoms with Gasteiger partial charge in [0, 0.05) is 11.6 Å². The normalized spacial score (nSPS) is 10.3. The Bertz CT molecular complexity index is 555. The highest BCUT2D eigenvalue weighted by Gasteiger charge is 2.04. The van der Waals surface area contributed by atoms with Crippen LogP contribution in [0.2, 0.25) is 0 Å². The molecule has 0 atom stereocenters. The maximum absolute atomic E-state index is 11.6. The SMILES string of the molecule is O=C(CSCc1ccc(CCl)cc1)OCc1ccccc1. The van der Waals surface area contributed by atoms with Gasteiger partial charge in [-0.2, -0.15) is 0 Å². The van der Waals surface area contributed by atoms with Crippen LogP contribution in [0.25, 0.3) is 0 Å². The Morgan fingerprint density at radius 3 is 2.29 bits per heavy atom. The van der Waals surface area contributed by atoms with E-state index in [1.807, 2.05) is 54.6 Å². The Kier molecular flexibility index (Phi) is 6.64. The molecule has 0 radical (unpaired) electrons. The first kappa shape index (κ1) is 15.9. The van der Waals surface area contributed by atoms with E-state index in [4.69, 9.17) is 16.3 Å². The molecule has 0 fully saturated rings. The quantitative estimate of drug-likeness (QED) is 0.558. The van der Waals surface area contributed by atoms with E-state index < -0.39 is 0 Å². The summed E-state index contributed by atoms with van der Waals surface area (Å²) < 4.78 is 5.23. The van der Waals surface area contributed by atoms with E-state index in [0.717, 1.165) is 16.9 Å². The van der Waals surface area contributed by atoms with E-state index in [-0.39, 0.29) is 5.97 Å². The van der Waals surface area contributed by atoms with Crippen LogP contribution < -0.4 is 0 Å². The highest BCUT2D eigenvalue weighted by atomic mass is 35.5. The number of ether oxygens (including phenoxy) is 1. The fraction of sp³-hybridized carbons (Fsp3) is 0.235. The lowest BCUT2D eigenvalue weighted by atomic mass is 10.2. The Morgan fingerprint density at radius 1 is 0.952 bits per heavy atom. The van der Waals surface area contributed by atoms with Crippen molar-refractivity contribution in [2.24, 2.45) is 0 Å². The lowest BCUT2D eigenvalue weighted by Crippen LogP contribution is -2.07. The van der Waals surface area contributed by atoms with Crippen LogP contribution in [-0.4, -0.2) is 11.7 Å². The van der Waals surface area contributed by atoms with E-state index in [9.17, 15) is 4.79 Å². The number of esters is 1. The fourth-order valence-electron chi connectivity index (χ4n) is 1.76. The van der Waals surface area contributed by atoms with E-state index in [2.05, 4.69) is 0 Å². The number of benzene rings is 2. The number of carbonyl (C=O) groups excluding carboxylic acids is 1.